The van der Waals surface area contributed by atoms with Crippen LogP contribution in [0.25, 0.3) is 0 Å². The number of nitrogens with one attached hydrogen (secondary N) is 1. The van der Waals surface area contributed by atoms with E-state index in [1.54, 1.807) is 70.2 Å². The van der Waals surface area contributed by atoms with Gasteiger partial charge in [0.15, 0.2) is 0 Å². The first-order valence-corrected chi connectivity index (χ1v) is 22.7. The number of esters is 1. The molecule has 14 nitrogen and oxygen atoms in total. The van der Waals surface area contributed by atoms with Crippen LogP contribution in [-0.4, -0.2) is 135 Å². The first-order chi connectivity index (χ1) is 28.1. The monoisotopic (exact) mass is 855 g/mol. The highest BCUT2D eigenvalue weighted by Gasteiger charge is 2.45. The van der Waals surface area contributed by atoms with E-state index < -0.39 is 88.2 Å². The van der Waals surface area contributed by atoms with E-state index in [-0.39, 0.29) is 35.5 Å². The van der Waals surface area contributed by atoms with E-state index in [2.05, 4.69) is 5.32 Å². The standard InChI is InChI=1S/C45H69N5O9S/c1-13-27(3)38-43(55)50-20-14-15-35(50)44(56)59-37(45(7,8)9)22-26(2)21-36(51)29(5)40-46-32(25-60(40)57)23-28(4)39(52)47-34(24-31-16-18-33(58-12)19-17-31)42(54)48(10)30(6)41(53)49(38)11/h16-19,23,26-27,29-30,32,34-38,51H,13-15,20-22,24-25H2,1-12H3,(H,47,52)/b28-23+/t26-,27-,29-,30-,32+,34-,35+,36-,37-,38-,60?/m0/s1. The predicted octanol–water partition coefficient (Wildman–Crippen LogP) is 4.29. The molecule has 1 aromatic carbocycles. The van der Waals surface area contributed by atoms with Crippen LogP contribution < -0.4 is 10.1 Å². The summed E-state index contributed by atoms with van der Waals surface area (Å²) in [6, 6.07) is 2.64. The summed E-state index contributed by atoms with van der Waals surface area (Å²) in [6.45, 7) is 17.1. The Balaban J connectivity index is 1.76. The number of hydrogen-bond acceptors (Lipinski definition) is 10. The fraction of sp³-hybridized carbons (Fsp3) is 0.689. The second-order valence-corrected chi connectivity index (χ2v) is 19.7. The fourth-order valence-electron chi connectivity index (χ4n) is 8.28. The van der Waals surface area contributed by atoms with Gasteiger partial charge in [-0.25, -0.2) is 4.79 Å². The Bertz CT molecular complexity index is 1810. The van der Waals surface area contributed by atoms with Crippen molar-refractivity contribution in [2.24, 2.45) is 28.2 Å². The van der Waals surface area contributed by atoms with E-state index >= 15 is 0 Å². The number of amides is 4. The predicted molar refractivity (Wildman–Crippen MR) is 233 cm³/mol. The Morgan fingerprint density at radius 1 is 1.00 bits per heavy atom. The molecule has 1 saturated heterocycles. The Kier molecular flexibility index (Phi) is 16.7. The van der Waals surface area contributed by atoms with Crippen molar-refractivity contribution in [1.82, 2.24) is 20.0 Å². The Morgan fingerprint density at radius 2 is 1.65 bits per heavy atom. The van der Waals surface area contributed by atoms with Gasteiger partial charge in [0.2, 0.25) is 23.6 Å². The Hall–Kier alpha value is -4.11. The van der Waals surface area contributed by atoms with E-state index in [0.29, 0.717) is 49.4 Å². The van der Waals surface area contributed by atoms with Crippen molar-refractivity contribution < 1.29 is 42.8 Å². The smallest absolute Gasteiger partial charge is 0.329 e. The van der Waals surface area contributed by atoms with Gasteiger partial charge in [0.25, 0.3) is 0 Å². The number of carbonyl (C=O) groups excluding carboxylic acids is 5. The van der Waals surface area contributed by atoms with Gasteiger partial charge < -0.3 is 34.6 Å². The van der Waals surface area contributed by atoms with Crippen molar-refractivity contribution in [3.05, 3.63) is 41.5 Å². The fourth-order valence-corrected chi connectivity index (χ4v) is 9.75. The van der Waals surface area contributed by atoms with Crippen LogP contribution in [0.5, 0.6) is 5.75 Å². The van der Waals surface area contributed by atoms with Gasteiger partial charge >= 0.3 is 5.97 Å². The molecule has 3 aliphatic heterocycles. The normalized spacial score (nSPS) is 32.5. The minimum atomic E-state index is -1.49. The van der Waals surface area contributed by atoms with E-state index in [1.165, 1.54) is 16.8 Å². The third kappa shape index (κ3) is 11.6. The molecule has 11 atom stereocenters. The molecule has 1 aromatic rings. The zero-order valence-electron chi connectivity index (χ0n) is 37.7. The topological polar surface area (TPSA) is 175 Å². The molecule has 1 unspecified atom stereocenters. The zero-order chi connectivity index (χ0) is 44.8. The molecule has 2 bridgehead atoms. The van der Waals surface area contributed by atoms with Crippen LogP contribution in [0.1, 0.15) is 100.0 Å². The number of aliphatic hydroxyl groups is 1. The Morgan fingerprint density at radius 3 is 2.25 bits per heavy atom. The molecule has 4 rings (SSSR count). The Labute approximate surface area is 359 Å². The van der Waals surface area contributed by atoms with Gasteiger partial charge in [0.05, 0.1) is 35.8 Å². The van der Waals surface area contributed by atoms with Gasteiger partial charge in [0, 0.05) is 38.6 Å². The number of ether oxygens (including phenoxy) is 2. The van der Waals surface area contributed by atoms with Crippen LogP contribution in [-0.2, 0) is 45.9 Å². The largest absolute Gasteiger partial charge is 0.497 e. The molecule has 334 valence electrons. The summed E-state index contributed by atoms with van der Waals surface area (Å²) in [4.78, 5) is 80.1. The van der Waals surface area contributed by atoms with E-state index in [0.717, 1.165) is 5.56 Å². The van der Waals surface area contributed by atoms with Crippen LogP contribution >= 0.6 is 0 Å². The van der Waals surface area contributed by atoms with Crippen LogP contribution in [0.15, 0.2) is 40.9 Å². The number of aliphatic imine (C=N–C) groups is 1. The maximum atomic E-state index is 14.6. The average Bonchev–Trinajstić information content (AvgIpc) is 3.85. The quantitative estimate of drug-likeness (QED) is 0.410. The molecular formula is C45H69N5O9S. The number of methoxy groups -OCH3 is 1. The summed E-state index contributed by atoms with van der Waals surface area (Å²) in [5.41, 5.74) is 0.547. The molecule has 0 saturated carbocycles. The average molecular weight is 856 g/mol. The number of cyclic esters (lactones) is 1. The summed E-state index contributed by atoms with van der Waals surface area (Å²) < 4.78 is 24.9. The van der Waals surface area contributed by atoms with Gasteiger partial charge in [-0.1, -0.05) is 73.1 Å². The minimum absolute atomic E-state index is 0.100. The van der Waals surface area contributed by atoms with Crippen molar-refractivity contribution in [1.29, 1.82) is 0 Å². The number of hydrogen-bond donors (Lipinski definition) is 2. The van der Waals surface area contributed by atoms with E-state index in [4.69, 9.17) is 14.5 Å². The first kappa shape index (κ1) is 48.6. The molecule has 3 aliphatic rings. The summed E-state index contributed by atoms with van der Waals surface area (Å²) in [6.07, 6.45) is 2.68. The first-order valence-electron chi connectivity index (χ1n) is 21.4. The maximum Gasteiger partial charge on any atom is 0.329 e. The van der Waals surface area contributed by atoms with Crippen molar-refractivity contribution in [2.45, 2.75) is 143 Å². The minimum Gasteiger partial charge on any atom is -0.497 e. The number of aliphatic hydroxyl groups excluding tert-OH is 1. The molecule has 1 fully saturated rings. The molecule has 3 heterocycles. The van der Waals surface area contributed by atoms with Crippen LogP contribution in [0.3, 0.4) is 0 Å². The number of carbonyl (C=O) groups is 5. The molecule has 2 N–H and O–H groups in total. The number of likely N-dealkylation sites (N-methyl/N-ethyl adjacent to an activating group) is 2. The van der Waals surface area contributed by atoms with Gasteiger partial charge in [-0.15, -0.1) is 0 Å². The van der Waals surface area contributed by atoms with E-state index in [9.17, 15) is 33.3 Å². The molecule has 4 amide bonds. The van der Waals surface area contributed by atoms with Gasteiger partial charge in [-0.2, -0.15) is 0 Å². The molecule has 0 spiro atoms. The third-order valence-electron chi connectivity index (χ3n) is 12.6. The highest BCUT2D eigenvalue weighted by atomic mass is 32.2. The summed E-state index contributed by atoms with van der Waals surface area (Å²) >= 11 is 0. The van der Waals surface area contributed by atoms with Crippen molar-refractivity contribution >= 4 is 45.4 Å². The highest BCUT2D eigenvalue weighted by molar-refractivity contribution is 8.01. The lowest BCUT2D eigenvalue weighted by Crippen LogP contribution is -2.59. The molecule has 0 radical (unpaired) electrons. The van der Waals surface area contributed by atoms with E-state index in [1.807, 2.05) is 41.5 Å². The number of nitrogens with zero attached hydrogens (tertiary/aromatic N) is 4. The molecule has 0 aliphatic carbocycles. The second-order valence-electron chi connectivity index (χ2n) is 18.3. The lowest BCUT2D eigenvalue weighted by atomic mass is 9.81. The van der Waals surface area contributed by atoms with Crippen LogP contribution in [0.2, 0.25) is 0 Å². The molecular weight excluding hydrogens is 787 g/mol. The van der Waals surface area contributed by atoms with Gasteiger partial charge in [0.1, 0.15) is 41.1 Å². The lowest BCUT2D eigenvalue weighted by Gasteiger charge is -2.39. The molecule has 0 aromatic heterocycles. The van der Waals surface area contributed by atoms with Gasteiger partial charge in [-0.05, 0) is 74.5 Å². The lowest BCUT2D eigenvalue weighted by molar-refractivity contribution is -0.166. The van der Waals surface area contributed by atoms with Crippen molar-refractivity contribution in [3.63, 3.8) is 0 Å². The third-order valence-corrected chi connectivity index (χ3v) is 14.2. The SMILES string of the molecule is CC[C@H](C)[C@H]1C(=O)N2CCC[C@@H]2C(=O)O[C@H](C(C)(C)C)C[C@@H](C)C[C@H](O)[C@H](C)C2=N[C@H](/C=C(\C)C(=O)N[C@@H](Cc3ccc(OC)cc3)C(=O)N(C)[C@@H](C)C(=O)N1C)CS2=O. The zero-order valence-corrected chi connectivity index (χ0v) is 38.5. The number of rotatable bonds is 5. The maximum absolute atomic E-state index is 14.6. The van der Waals surface area contributed by atoms with Crippen LogP contribution in [0.4, 0.5) is 0 Å². The summed E-state index contributed by atoms with van der Waals surface area (Å²) in [5, 5.41) is 14.7. The summed E-state index contributed by atoms with van der Waals surface area (Å²) in [5.74, 6) is -2.53. The highest BCUT2D eigenvalue weighted by Crippen LogP contribution is 2.33. The van der Waals surface area contributed by atoms with Crippen molar-refractivity contribution in [2.75, 3.05) is 33.5 Å². The number of fused-ring (bicyclic) bond motifs is 2. The van der Waals surface area contributed by atoms with Crippen LogP contribution in [0, 0.1) is 23.2 Å². The number of benzene rings is 1. The van der Waals surface area contributed by atoms with Crippen molar-refractivity contribution in [3.8, 4) is 5.75 Å². The van der Waals surface area contributed by atoms with Gasteiger partial charge in [-0.3, -0.25) is 28.4 Å². The molecule has 15 heteroatoms. The second kappa shape index (κ2) is 20.6. The molecule has 60 heavy (non-hydrogen) atoms. The summed E-state index contributed by atoms with van der Waals surface area (Å²) in [7, 11) is 3.12.